The zero-order chi connectivity index (χ0) is 28.9. The molecule has 3 aliphatic rings. The molecule has 0 bridgehead atoms. The van der Waals surface area contributed by atoms with Gasteiger partial charge in [0.1, 0.15) is 11.0 Å². The molecule has 3 aliphatic heterocycles. The van der Waals surface area contributed by atoms with E-state index < -0.39 is 46.3 Å². The summed E-state index contributed by atoms with van der Waals surface area (Å²) in [5.74, 6) is -3.33. The van der Waals surface area contributed by atoms with E-state index in [1.165, 1.54) is 12.1 Å². The van der Waals surface area contributed by atoms with Crippen LogP contribution in [0.1, 0.15) is 21.9 Å². The summed E-state index contributed by atoms with van der Waals surface area (Å²) in [4.78, 5) is 57.4. The molecule has 2 saturated heterocycles. The maximum Gasteiger partial charge on any atom is 0.418 e. The van der Waals surface area contributed by atoms with Gasteiger partial charge in [-0.05, 0) is 29.8 Å². The third-order valence-corrected chi connectivity index (χ3v) is 9.62. The number of alkyl halides is 3. The van der Waals surface area contributed by atoms with Crippen molar-refractivity contribution in [3.63, 3.8) is 0 Å². The molecule has 0 aliphatic carbocycles. The number of carbonyl (C=O) groups excluding carboxylic acids is 3. The number of amides is 3. The lowest BCUT2D eigenvalue weighted by molar-refractivity contribution is -0.138. The number of morpholine rings is 1. The quantitative estimate of drug-likeness (QED) is 0.444. The van der Waals surface area contributed by atoms with Crippen molar-refractivity contribution in [1.82, 2.24) is 9.88 Å². The summed E-state index contributed by atoms with van der Waals surface area (Å²) in [6.07, 6.45) is -4.79. The molecule has 3 unspecified atom stereocenters. The highest BCUT2D eigenvalue weighted by atomic mass is 32.2. The lowest BCUT2D eigenvalue weighted by atomic mass is 9.83. The Bertz CT molecular complexity index is 1580. The molecule has 14 heteroatoms. The molecule has 3 aromatic rings. The number of para-hydroxylation sites is 1. The van der Waals surface area contributed by atoms with Crippen LogP contribution in [0.15, 0.2) is 58.4 Å². The molecule has 0 radical (unpaired) electrons. The Morgan fingerprint density at radius 2 is 1.80 bits per heavy atom. The fraction of sp³-hybridized carbons (Fsp3) is 0.333. The number of halogens is 3. The van der Waals surface area contributed by atoms with Crippen molar-refractivity contribution in [1.29, 1.82) is 0 Å². The van der Waals surface area contributed by atoms with Crippen molar-refractivity contribution >= 4 is 46.5 Å². The summed E-state index contributed by atoms with van der Waals surface area (Å²) >= 11 is 1.86. The number of nitrogens with one attached hydrogen (secondary N) is 1. The fourth-order valence-electron chi connectivity index (χ4n) is 5.37. The van der Waals surface area contributed by atoms with E-state index in [-0.39, 0.29) is 17.4 Å². The zero-order valence-electron chi connectivity index (χ0n) is 21.2. The Kier molecular flexibility index (Phi) is 7.16. The Labute approximate surface area is 239 Å². The second-order valence-corrected chi connectivity index (χ2v) is 11.8. The van der Waals surface area contributed by atoms with Gasteiger partial charge in [0.05, 0.1) is 35.4 Å². The molecule has 2 fully saturated rings. The van der Waals surface area contributed by atoms with E-state index in [1.807, 2.05) is 0 Å². The first-order valence-corrected chi connectivity index (χ1v) is 14.3. The number of thioether (sulfide) groups is 1. The third-order valence-electron chi connectivity index (χ3n) is 7.22. The molecule has 1 aromatic heterocycles. The average molecular weight is 606 g/mol. The maximum atomic E-state index is 13.9. The van der Waals surface area contributed by atoms with E-state index in [1.54, 1.807) is 29.2 Å². The predicted octanol–water partition coefficient (Wildman–Crippen LogP) is 3.49. The van der Waals surface area contributed by atoms with Crippen molar-refractivity contribution in [3.05, 3.63) is 74.2 Å². The van der Waals surface area contributed by atoms with E-state index in [0.717, 1.165) is 35.2 Å². The topological polar surface area (TPSA) is 109 Å². The van der Waals surface area contributed by atoms with Crippen LogP contribution in [0.3, 0.4) is 0 Å². The van der Waals surface area contributed by atoms with Crippen molar-refractivity contribution in [2.45, 2.75) is 22.4 Å². The minimum atomic E-state index is -4.79. The number of anilines is 1. The number of thiazole rings is 1. The SMILES string of the molecule is O=C(COc1cccc(C2c3sc(=O)[nH]c3SC3C(=O)N(c4ccccc4C(F)(F)F)C(=O)C32)c1)N1CCOCC1. The summed E-state index contributed by atoms with van der Waals surface area (Å²) in [5.41, 5.74) is -1.09. The minimum absolute atomic E-state index is 0.213. The molecule has 9 nitrogen and oxygen atoms in total. The highest BCUT2D eigenvalue weighted by molar-refractivity contribution is 8.00. The van der Waals surface area contributed by atoms with E-state index in [4.69, 9.17) is 9.47 Å². The summed E-state index contributed by atoms with van der Waals surface area (Å²) in [6, 6.07) is 11.1. The van der Waals surface area contributed by atoms with Gasteiger partial charge in [0, 0.05) is 23.9 Å². The van der Waals surface area contributed by atoms with E-state index in [9.17, 15) is 32.3 Å². The molecule has 214 valence electrons. The van der Waals surface area contributed by atoms with Crippen molar-refractivity contribution < 1.29 is 37.0 Å². The van der Waals surface area contributed by atoms with Crippen molar-refractivity contribution in [3.8, 4) is 5.75 Å². The smallest absolute Gasteiger partial charge is 0.418 e. The molecule has 3 amide bonds. The second kappa shape index (κ2) is 10.7. The number of benzene rings is 2. The number of fused-ring (bicyclic) bond motifs is 2. The van der Waals surface area contributed by atoms with Crippen LogP contribution in [0.2, 0.25) is 0 Å². The van der Waals surface area contributed by atoms with Gasteiger partial charge in [-0.2, -0.15) is 13.2 Å². The largest absolute Gasteiger partial charge is 0.484 e. The first-order valence-electron chi connectivity index (χ1n) is 12.7. The van der Waals surface area contributed by atoms with Crippen LogP contribution >= 0.6 is 23.1 Å². The average Bonchev–Trinajstić information content (AvgIpc) is 3.45. The first-order chi connectivity index (χ1) is 19.6. The van der Waals surface area contributed by atoms with Gasteiger partial charge in [-0.3, -0.25) is 19.2 Å². The second-order valence-electron chi connectivity index (χ2n) is 9.63. The Morgan fingerprint density at radius 1 is 1.05 bits per heavy atom. The number of H-pyrrole nitrogens is 1. The number of imide groups is 1. The van der Waals surface area contributed by atoms with Gasteiger partial charge < -0.3 is 19.4 Å². The summed E-state index contributed by atoms with van der Waals surface area (Å²) in [6.45, 7) is 1.60. The number of aromatic amines is 1. The zero-order valence-corrected chi connectivity index (χ0v) is 22.8. The number of ether oxygens (including phenoxy) is 2. The van der Waals surface area contributed by atoms with E-state index in [2.05, 4.69) is 4.98 Å². The van der Waals surface area contributed by atoms with Crippen LogP contribution in [-0.2, 0) is 25.3 Å². The Balaban J connectivity index is 1.34. The van der Waals surface area contributed by atoms with Gasteiger partial charge in [0.25, 0.3) is 5.91 Å². The summed E-state index contributed by atoms with van der Waals surface area (Å²) in [5, 5.41) is -0.661. The molecule has 3 atom stereocenters. The highest BCUT2D eigenvalue weighted by Gasteiger charge is 2.57. The van der Waals surface area contributed by atoms with Crippen LogP contribution < -0.4 is 14.5 Å². The molecule has 4 heterocycles. The van der Waals surface area contributed by atoms with Gasteiger partial charge in [-0.15, -0.1) is 0 Å². The van der Waals surface area contributed by atoms with Crippen molar-refractivity contribution in [2.24, 2.45) is 5.92 Å². The molecular formula is C27H22F3N3O6S2. The minimum Gasteiger partial charge on any atom is -0.484 e. The van der Waals surface area contributed by atoms with Gasteiger partial charge in [-0.25, -0.2) is 4.90 Å². The first kappa shape index (κ1) is 27.5. The molecule has 0 saturated carbocycles. The van der Waals surface area contributed by atoms with Gasteiger partial charge in [-0.1, -0.05) is 47.4 Å². The van der Waals surface area contributed by atoms with E-state index in [0.29, 0.717) is 52.4 Å². The van der Waals surface area contributed by atoms with Crippen LogP contribution in [0.4, 0.5) is 18.9 Å². The normalized spacial score (nSPS) is 22.5. The monoisotopic (exact) mass is 605 g/mol. The van der Waals surface area contributed by atoms with Gasteiger partial charge in [0.2, 0.25) is 11.8 Å². The predicted molar refractivity (Wildman–Crippen MR) is 143 cm³/mol. The summed E-state index contributed by atoms with van der Waals surface area (Å²) < 4.78 is 52.5. The number of aromatic nitrogens is 1. The highest BCUT2D eigenvalue weighted by Crippen LogP contribution is 2.54. The van der Waals surface area contributed by atoms with Crippen LogP contribution in [0, 0.1) is 5.92 Å². The van der Waals surface area contributed by atoms with Crippen molar-refractivity contribution in [2.75, 3.05) is 37.8 Å². The molecule has 41 heavy (non-hydrogen) atoms. The van der Waals surface area contributed by atoms with E-state index >= 15 is 0 Å². The summed E-state index contributed by atoms with van der Waals surface area (Å²) in [7, 11) is 0. The molecular weight excluding hydrogens is 583 g/mol. The number of hydrogen-bond acceptors (Lipinski definition) is 8. The number of nitrogens with zero attached hydrogens (tertiary/aromatic N) is 2. The molecule has 6 rings (SSSR count). The van der Waals surface area contributed by atoms with Crippen LogP contribution in [0.5, 0.6) is 5.75 Å². The lowest BCUT2D eigenvalue weighted by Gasteiger charge is -2.30. The van der Waals surface area contributed by atoms with Gasteiger partial charge >= 0.3 is 11.0 Å². The molecule has 2 aromatic carbocycles. The lowest BCUT2D eigenvalue weighted by Crippen LogP contribution is -2.42. The third kappa shape index (κ3) is 5.04. The maximum absolute atomic E-state index is 13.9. The standard InChI is InChI=1S/C27H22F3N3O6S2/c28-27(29,30)16-6-1-2-7-17(16)33-24(35)20-19(21-23(31-26(37)41-21)40-22(20)25(33)36)14-4-3-5-15(12-14)39-13-18(34)32-8-10-38-11-9-32/h1-7,12,19-20,22H,8-11,13H2,(H,31,37). The Hall–Kier alpha value is -3.62. The number of hydrogen-bond donors (Lipinski definition) is 1. The molecule has 0 spiro atoms. The molecule has 1 N–H and O–H groups in total. The van der Waals surface area contributed by atoms with Crippen LogP contribution in [0.25, 0.3) is 0 Å². The fourth-order valence-corrected chi connectivity index (χ4v) is 7.88. The Morgan fingerprint density at radius 3 is 2.56 bits per heavy atom. The number of rotatable bonds is 5. The van der Waals surface area contributed by atoms with Gasteiger partial charge in [0.15, 0.2) is 6.61 Å². The van der Waals surface area contributed by atoms with Crippen LogP contribution in [-0.4, -0.2) is 65.8 Å². The number of carbonyl (C=O) groups is 3.